The number of amides is 1. The third kappa shape index (κ3) is 3.02. The summed E-state index contributed by atoms with van der Waals surface area (Å²) in [7, 11) is -3.44. The average molecular weight is 336 g/mol. The summed E-state index contributed by atoms with van der Waals surface area (Å²) in [5, 5.41) is 0. The van der Waals surface area contributed by atoms with Gasteiger partial charge in [0.1, 0.15) is 0 Å². The Balaban J connectivity index is 1.92. The highest BCUT2D eigenvalue weighted by atomic mass is 32.2. The number of carbonyl (C=O) groups is 1. The van der Waals surface area contributed by atoms with Crippen molar-refractivity contribution in [3.05, 3.63) is 29.3 Å². The van der Waals surface area contributed by atoms with E-state index < -0.39 is 10.0 Å². The molecule has 1 aromatic rings. The van der Waals surface area contributed by atoms with E-state index in [0.717, 1.165) is 36.8 Å². The predicted octanol–water partition coefficient (Wildman–Crippen LogP) is 2.15. The molecule has 0 saturated carbocycles. The number of benzene rings is 1. The lowest BCUT2D eigenvalue weighted by Crippen LogP contribution is -2.36. The molecule has 0 aromatic heterocycles. The van der Waals surface area contributed by atoms with Gasteiger partial charge < -0.3 is 4.90 Å². The molecule has 2 heterocycles. The Labute approximate surface area is 138 Å². The smallest absolute Gasteiger partial charge is 0.243 e. The lowest BCUT2D eigenvalue weighted by atomic mass is 10.00. The second-order valence-corrected chi connectivity index (χ2v) is 8.33. The molecule has 126 valence electrons. The molecular weight excluding hydrogens is 312 g/mol. The Kier molecular flexibility index (Phi) is 4.47. The lowest BCUT2D eigenvalue weighted by molar-refractivity contribution is -0.129. The van der Waals surface area contributed by atoms with Crippen molar-refractivity contribution in [2.24, 2.45) is 0 Å². The molecule has 0 bridgehead atoms. The minimum Gasteiger partial charge on any atom is -0.338 e. The molecule has 1 amide bonds. The first-order valence-electron chi connectivity index (χ1n) is 8.32. The Hall–Kier alpha value is -1.40. The van der Waals surface area contributed by atoms with Gasteiger partial charge in [-0.15, -0.1) is 0 Å². The van der Waals surface area contributed by atoms with Gasteiger partial charge in [-0.05, 0) is 48.9 Å². The molecule has 2 aliphatic heterocycles. The normalized spacial score (nSPS) is 22.2. The van der Waals surface area contributed by atoms with Crippen molar-refractivity contribution < 1.29 is 13.2 Å². The summed E-state index contributed by atoms with van der Waals surface area (Å²) in [4.78, 5) is 13.7. The number of rotatable bonds is 3. The van der Waals surface area contributed by atoms with Crippen LogP contribution in [-0.4, -0.2) is 42.7 Å². The van der Waals surface area contributed by atoms with Crippen LogP contribution in [0.3, 0.4) is 0 Å². The van der Waals surface area contributed by atoms with Crippen molar-refractivity contribution in [2.45, 2.75) is 57.0 Å². The number of nitrogens with zero attached hydrogens (tertiary/aromatic N) is 2. The Morgan fingerprint density at radius 1 is 1.26 bits per heavy atom. The van der Waals surface area contributed by atoms with E-state index in [9.17, 15) is 13.2 Å². The van der Waals surface area contributed by atoms with Crippen LogP contribution in [0.2, 0.25) is 0 Å². The van der Waals surface area contributed by atoms with Crippen LogP contribution in [-0.2, 0) is 27.8 Å². The van der Waals surface area contributed by atoms with E-state index in [4.69, 9.17) is 0 Å². The molecule has 1 saturated heterocycles. The van der Waals surface area contributed by atoms with E-state index in [0.29, 0.717) is 24.5 Å². The summed E-state index contributed by atoms with van der Waals surface area (Å²) in [5.41, 5.74) is 2.11. The molecule has 0 radical (unpaired) electrons. The maximum atomic E-state index is 13.0. The van der Waals surface area contributed by atoms with Crippen molar-refractivity contribution >= 4 is 15.9 Å². The zero-order valence-electron chi connectivity index (χ0n) is 13.8. The summed E-state index contributed by atoms with van der Waals surface area (Å²) < 4.78 is 27.6. The van der Waals surface area contributed by atoms with Gasteiger partial charge in [0.2, 0.25) is 15.9 Å². The first-order valence-corrected chi connectivity index (χ1v) is 9.76. The highest BCUT2D eigenvalue weighted by molar-refractivity contribution is 7.89. The molecule has 0 spiro atoms. The van der Waals surface area contributed by atoms with Gasteiger partial charge in [-0.3, -0.25) is 4.79 Å². The quantitative estimate of drug-likeness (QED) is 0.850. The molecule has 0 aliphatic carbocycles. The molecule has 5 nitrogen and oxygen atoms in total. The van der Waals surface area contributed by atoms with Crippen LogP contribution in [0, 0.1) is 0 Å². The Bertz CT molecular complexity index is 715. The molecule has 1 unspecified atom stereocenters. The monoisotopic (exact) mass is 336 g/mol. The van der Waals surface area contributed by atoms with Crippen molar-refractivity contribution in [3.63, 3.8) is 0 Å². The van der Waals surface area contributed by atoms with Gasteiger partial charge in [-0.1, -0.05) is 13.0 Å². The molecular formula is C17H24N2O3S. The van der Waals surface area contributed by atoms with E-state index in [2.05, 4.69) is 0 Å². The number of hydrogen-bond donors (Lipinski definition) is 0. The first kappa shape index (κ1) is 16.5. The molecule has 1 aromatic carbocycles. The fourth-order valence-corrected chi connectivity index (χ4v) is 5.45. The fourth-order valence-electron chi connectivity index (χ4n) is 3.63. The lowest BCUT2D eigenvalue weighted by Gasteiger charge is -2.29. The van der Waals surface area contributed by atoms with Crippen molar-refractivity contribution in [3.8, 4) is 0 Å². The topological polar surface area (TPSA) is 57.7 Å². The summed E-state index contributed by atoms with van der Waals surface area (Å²) in [6.45, 7) is 5.42. The van der Waals surface area contributed by atoms with Gasteiger partial charge in [-0.2, -0.15) is 4.31 Å². The van der Waals surface area contributed by atoms with E-state index >= 15 is 0 Å². The molecule has 23 heavy (non-hydrogen) atoms. The van der Waals surface area contributed by atoms with E-state index in [1.807, 2.05) is 13.0 Å². The highest BCUT2D eigenvalue weighted by Crippen LogP contribution is 2.30. The molecule has 0 N–H and O–H groups in total. The van der Waals surface area contributed by atoms with Crippen LogP contribution >= 0.6 is 0 Å². The van der Waals surface area contributed by atoms with Crippen LogP contribution in [0.15, 0.2) is 23.1 Å². The van der Waals surface area contributed by atoms with Gasteiger partial charge in [0.25, 0.3) is 0 Å². The first-order chi connectivity index (χ1) is 10.9. The Morgan fingerprint density at radius 2 is 2.04 bits per heavy atom. The van der Waals surface area contributed by atoms with Crippen LogP contribution in [0.5, 0.6) is 0 Å². The molecule has 1 fully saturated rings. The summed E-state index contributed by atoms with van der Waals surface area (Å²) in [5.74, 6) is 0.0366. The standard InChI is InChI=1S/C17H24N2O3S/c1-3-16-5-4-9-19(16)23(21,22)17-7-6-14-8-10-18(13(2)20)12-15(14)11-17/h6-7,11,16H,3-5,8-10,12H2,1-2H3. The third-order valence-electron chi connectivity index (χ3n) is 5.04. The van der Waals surface area contributed by atoms with Gasteiger partial charge in [0, 0.05) is 32.6 Å². The summed E-state index contributed by atoms with van der Waals surface area (Å²) in [6.07, 6.45) is 3.51. The van der Waals surface area contributed by atoms with Gasteiger partial charge in [0.15, 0.2) is 0 Å². The predicted molar refractivity (Wildman–Crippen MR) is 88.4 cm³/mol. The zero-order valence-corrected chi connectivity index (χ0v) is 14.6. The fraction of sp³-hybridized carbons (Fsp3) is 0.588. The third-order valence-corrected chi connectivity index (χ3v) is 6.98. The number of sulfonamides is 1. The van der Waals surface area contributed by atoms with Crippen LogP contribution in [0.25, 0.3) is 0 Å². The Morgan fingerprint density at radius 3 is 2.74 bits per heavy atom. The highest BCUT2D eigenvalue weighted by Gasteiger charge is 2.34. The largest absolute Gasteiger partial charge is 0.338 e. The molecule has 2 aliphatic rings. The number of hydrogen-bond acceptors (Lipinski definition) is 3. The molecule has 1 atom stereocenters. The van der Waals surface area contributed by atoms with Crippen molar-refractivity contribution in [1.29, 1.82) is 0 Å². The van der Waals surface area contributed by atoms with Gasteiger partial charge in [0.05, 0.1) is 4.90 Å². The van der Waals surface area contributed by atoms with Crippen molar-refractivity contribution in [2.75, 3.05) is 13.1 Å². The SMILES string of the molecule is CCC1CCCN1S(=O)(=O)c1ccc2c(c1)CN(C(C)=O)CC2. The molecule has 3 rings (SSSR count). The van der Waals surface area contributed by atoms with Crippen LogP contribution < -0.4 is 0 Å². The molecule has 6 heteroatoms. The minimum atomic E-state index is -3.44. The second-order valence-electron chi connectivity index (χ2n) is 6.44. The number of fused-ring (bicyclic) bond motifs is 1. The van der Waals surface area contributed by atoms with E-state index in [1.165, 1.54) is 0 Å². The van der Waals surface area contributed by atoms with Crippen LogP contribution in [0.1, 0.15) is 44.2 Å². The van der Waals surface area contributed by atoms with Gasteiger partial charge in [-0.25, -0.2) is 8.42 Å². The van der Waals surface area contributed by atoms with E-state index in [-0.39, 0.29) is 11.9 Å². The minimum absolute atomic E-state index is 0.0366. The van der Waals surface area contributed by atoms with Crippen LogP contribution in [0.4, 0.5) is 0 Å². The maximum Gasteiger partial charge on any atom is 0.243 e. The second kappa shape index (κ2) is 6.24. The van der Waals surface area contributed by atoms with E-state index in [1.54, 1.807) is 28.3 Å². The zero-order chi connectivity index (χ0) is 16.6. The maximum absolute atomic E-state index is 13.0. The average Bonchev–Trinajstić information content (AvgIpc) is 3.03. The van der Waals surface area contributed by atoms with Crippen molar-refractivity contribution in [1.82, 2.24) is 9.21 Å². The number of carbonyl (C=O) groups excluding carboxylic acids is 1. The van der Waals surface area contributed by atoms with Gasteiger partial charge >= 0.3 is 0 Å². The summed E-state index contributed by atoms with van der Waals surface area (Å²) >= 11 is 0. The summed E-state index contributed by atoms with van der Waals surface area (Å²) in [6, 6.07) is 5.52.